The average Bonchev–Trinajstić information content (AvgIpc) is 2.88. The van der Waals surface area contributed by atoms with Gasteiger partial charge in [-0.2, -0.15) is 0 Å². The van der Waals surface area contributed by atoms with Crippen LogP contribution in [0.25, 0.3) is 0 Å². The van der Waals surface area contributed by atoms with Crippen LogP contribution in [0.4, 0.5) is 0 Å². The standard InChI is InChI=1S/C16H28N2O2/c1-4-8-14(9-5-2)17-11-13-18-12-7-10-15(18)16(19)20-6-3/h7,10,12,14,17H,4-6,8-9,11,13H2,1-3H3. The number of esters is 1. The first kappa shape index (κ1) is 16.8. The quantitative estimate of drug-likeness (QED) is 0.669. The minimum absolute atomic E-state index is 0.240. The number of carbonyl (C=O) groups is 1. The lowest BCUT2D eigenvalue weighted by Crippen LogP contribution is -2.32. The van der Waals surface area contributed by atoms with Crippen molar-refractivity contribution in [1.29, 1.82) is 0 Å². The molecule has 1 heterocycles. The lowest BCUT2D eigenvalue weighted by Gasteiger charge is -2.18. The van der Waals surface area contributed by atoms with Crippen LogP contribution < -0.4 is 5.32 Å². The summed E-state index contributed by atoms with van der Waals surface area (Å²) in [6.07, 6.45) is 6.77. The number of hydrogen-bond acceptors (Lipinski definition) is 3. The fraction of sp³-hybridized carbons (Fsp3) is 0.688. The molecule has 1 N–H and O–H groups in total. The molecule has 1 aromatic heterocycles. The monoisotopic (exact) mass is 280 g/mol. The number of nitrogens with one attached hydrogen (secondary N) is 1. The SMILES string of the molecule is CCCC(CCC)NCCn1cccc1C(=O)OCC. The molecule has 0 radical (unpaired) electrons. The molecule has 0 aliphatic rings. The Bertz CT molecular complexity index is 382. The van der Waals surface area contributed by atoms with Gasteiger partial charge in [0.25, 0.3) is 0 Å². The van der Waals surface area contributed by atoms with Crippen molar-refractivity contribution in [2.75, 3.05) is 13.2 Å². The first-order chi connectivity index (χ1) is 9.72. The summed E-state index contributed by atoms with van der Waals surface area (Å²) in [6, 6.07) is 4.29. The fourth-order valence-electron chi connectivity index (χ4n) is 2.43. The van der Waals surface area contributed by atoms with Crippen LogP contribution in [0, 0.1) is 0 Å². The molecular formula is C16H28N2O2. The Labute approximate surface area is 122 Å². The molecule has 0 aromatic carbocycles. The predicted octanol–water partition coefficient (Wildman–Crippen LogP) is 3.22. The van der Waals surface area contributed by atoms with Crippen molar-refractivity contribution in [2.45, 2.75) is 59.0 Å². The number of carbonyl (C=O) groups excluding carboxylic acids is 1. The predicted molar refractivity (Wildman–Crippen MR) is 82.0 cm³/mol. The van der Waals surface area contributed by atoms with Crippen LogP contribution in [-0.4, -0.2) is 29.7 Å². The Balaban J connectivity index is 2.45. The van der Waals surface area contributed by atoms with Crippen LogP contribution in [0.5, 0.6) is 0 Å². The third kappa shape index (κ3) is 5.37. The number of aromatic nitrogens is 1. The van der Waals surface area contributed by atoms with Gasteiger partial charge in [-0.3, -0.25) is 0 Å². The highest BCUT2D eigenvalue weighted by molar-refractivity contribution is 5.87. The van der Waals surface area contributed by atoms with E-state index in [1.165, 1.54) is 25.7 Å². The van der Waals surface area contributed by atoms with Gasteiger partial charge >= 0.3 is 5.97 Å². The van der Waals surface area contributed by atoms with Crippen molar-refractivity contribution in [3.05, 3.63) is 24.0 Å². The molecule has 0 amide bonds. The second kappa shape index (κ2) is 9.59. The summed E-state index contributed by atoms with van der Waals surface area (Å²) in [7, 11) is 0. The molecule has 0 aliphatic carbocycles. The van der Waals surface area contributed by atoms with Gasteiger partial charge in [0, 0.05) is 25.3 Å². The summed E-state index contributed by atoms with van der Waals surface area (Å²) in [6.45, 7) is 8.35. The zero-order valence-corrected chi connectivity index (χ0v) is 13.0. The molecule has 4 nitrogen and oxygen atoms in total. The van der Waals surface area contributed by atoms with Crippen molar-refractivity contribution in [2.24, 2.45) is 0 Å². The van der Waals surface area contributed by atoms with Gasteiger partial charge in [-0.25, -0.2) is 4.79 Å². The van der Waals surface area contributed by atoms with Gasteiger partial charge in [0.15, 0.2) is 0 Å². The Morgan fingerprint density at radius 3 is 2.60 bits per heavy atom. The lowest BCUT2D eigenvalue weighted by atomic mass is 10.1. The molecule has 0 saturated heterocycles. The fourth-order valence-corrected chi connectivity index (χ4v) is 2.43. The molecule has 1 aromatic rings. The average molecular weight is 280 g/mol. The largest absolute Gasteiger partial charge is 0.461 e. The molecular weight excluding hydrogens is 252 g/mol. The molecule has 114 valence electrons. The van der Waals surface area contributed by atoms with Crippen molar-refractivity contribution in [3.63, 3.8) is 0 Å². The van der Waals surface area contributed by atoms with Crippen LogP contribution in [0.3, 0.4) is 0 Å². The zero-order valence-electron chi connectivity index (χ0n) is 13.0. The highest BCUT2D eigenvalue weighted by Crippen LogP contribution is 2.06. The van der Waals surface area contributed by atoms with E-state index in [4.69, 9.17) is 4.74 Å². The van der Waals surface area contributed by atoms with E-state index >= 15 is 0 Å². The number of nitrogens with zero attached hydrogens (tertiary/aromatic N) is 1. The summed E-state index contributed by atoms with van der Waals surface area (Å²) in [5.74, 6) is -0.240. The summed E-state index contributed by atoms with van der Waals surface area (Å²) >= 11 is 0. The van der Waals surface area contributed by atoms with E-state index in [-0.39, 0.29) is 5.97 Å². The molecule has 1 rings (SSSR count). The van der Waals surface area contributed by atoms with Gasteiger partial charge in [0.1, 0.15) is 5.69 Å². The first-order valence-electron chi connectivity index (χ1n) is 7.78. The smallest absolute Gasteiger partial charge is 0.354 e. The molecule has 0 unspecified atom stereocenters. The van der Waals surface area contributed by atoms with E-state index in [0.717, 1.165) is 13.1 Å². The van der Waals surface area contributed by atoms with E-state index in [9.17, 15) is 4.79 Å². The van der Waals surface area contributed by atoms with Gasteiger partial charge < -0.3 is 14.6 Å². The second-order valence-electron chi connectivity index (χ2n) is 5.04. The molecule has 0 saturated carbocycles. The van der Waals surface area contributed by atoms with Gasteiger partial charge in [-0.05, 0) is 31.9 Å². The van der Waals surface area contributed by atoms with Crippen LogP contribution in [-0.2, 0) is 11.3 Å². The number of hydrogen-bond donors (Lipinski definition) is 1. The van der Waals surface area contributed by atoms with Crippen LogP contribution >= 0.6 is 0 Å². The normalized spacial score (nSPS) is 11.0. The van der Waals surface area contributed by atoms with E-state index < -0.39 is 0 Å². The van der Waals surface area contributed by atoms with Gasteiger partial charge in [0.2, 0.25) is 0 Å². The number of ether oxygens (including phenoxy) is 1. The van der Waals surface area contributed by atoms with E-state index in [1.54, 1.807) is 0 Å². The maximum Gasteiger partial charge on any atom is 0.354 e. The highest BCUT2D eigenvalue weighted by atomic mass is 16.5. The third-order valence-corrected chi connectivity index (χ3v) is 3.37. The Hall–Kier alpha value is -1.29. The van der Waals surface area contributed by atoms with Crippen LogP contribution in [0.15, 0.2) is 18.3 Å². The Kier molecular flexibility index (Phi) is 8.04. The third-order valence-electron chi connectivity index (χ3n) is 3.37. The summed E-state index contributed by atoms with van der Waals surface area (Å²) in [4.78, 5) is 11.8. The minimum atomic E-state index is -0.240. The molecule has 0 bridgehead atoms. The van der Waals surface area contributed by atoms with Crippen molar-refractivity contribution in [3.8, 4) is 0 Å². The summed E-state index contributed by atoms with van der Waals surface area (Å²) in [5, 5.41) is 3.59. The molecule has 4 heteroatoms. The van der Waals surface area contributed by atoms with Crippen LogP contribution in [0.1, 0.15) is 56.9 Å². The van der Waals surface area contributed by atoms with E-state index in [1.807, 2.05) is 29.8 Å². The van der Waals surface area contributed by atoms with E-state index in [0.29, 0.717) is 18.3 Å². The molecule has 0 aliphatic heterocycles. The van der Waals surface area contributed by atoms with Crippen molar-refractivity contribution >= 4 is 5.97 Å². The highest BCUT2D eigenvalue weighted by Gasteiger charge is 2.11. The number of rotatable bonds is 10. The van der Waals surface area contributed by atoms with Gasteiger partial charge in [-0.1, -0.05) is 26.7 Å². The molecule has 0 fully saturated rings. The van der Waals surface area contributed by atoms with Crippen molar-refractivity contribution in [1.82, 2.24) is 9.88 Å². The molecule has 0 atom stereocenters. The van der Waals surface area contributed by atoms with E-state index in [2.05, 4.69) is 19.2 Å². The zero-order chi connectivity index (χ0) is 14.8. The Morgan fingerprint density at radius 1 is 1.30 bits per heavy atom. The molecule has 0 spiro atoms. The van der Waals surface area contributed by atoms with Gasteiger partial charge in [-0.15, -0.1) is 0 Å². The van der Waals surface area contributed by atoms with Crippen LogP contribution in [0.2, 0.25) is 0 Å². The summed E-state index contributed by atoms with van der Waals surface area (Å²) in [5.41, 5.74) is 0.635. The maximum atomic E-state index is 11.8. The first-order valence-corrected chi connectivity index (χ1v) is 7.78. The topological polar surface area (TPSA) is 43.3 Å². The maximum absolute atomic E-state index is 11.8. The lowest BCUT2D eigenvalue weighted by molar-refractivity contribution is 0.0514. The Morgan fingerprint density at radius 2 is 2.00 bits per heavy atom. The van der Waals surface area contributed by atoms with Gasteiger partial charge in [0.05, 0.1) is 6.61 Å². The minimum Gasteiger partial charge on any atom is -0.461 e. The molecule has 20 heavy (non-hydrogen) atoms. The second-order valence-corrected chi connectivity index (χ2v) is 5.04. The van der Waals surface area contributed by atoms with Crippen molar-refractivity contribution < 1.29 is 9.53 Å². The summed E-state index contributed by atoms with van der Waals surface area (Å²) < 4.78 is 7.01.